The molecule has 0 atom stereocenters. The van der Waals surface area contributed by atoms with Crippen LogP contribution in [0.5, 0.6) is 0 Å². The zero-order valence-electron chi connectivity index (χ0n) is 15.8. The number of benzene rings is 1. The minimum absolute atomic E-state index is 0.00306. The fourth-order valence-electron chi connectivity index (χ4n) is 3.38. The van der Waals surface area contributed by atoms with E-state index < -0.39 is 24.7 Å². The number of nitrogens with zero attached hydrogens (tertiary/aromatic N) is 2. The van der Waals surface area contributed by atoms with Crippen LogP contribution in [0.3, 0.4) is 0 Å². The molecule has 1 aliphatic carbocycles. The summed E-state index contributed by atoms with van der Waals surface area (Å²) in [5, 5.41) is 5.72. The summed E-state index contributed by atoms with van der Waals surface area (Å²) in [5.74, 6) is -0.575. The Balaban J connectivity index is 1.97. The number of carbonyl (C=O) groups is 1. The Bertz CT molecular complexity index is 843. The predicted octanol–water partition coefficient (Wildman–Crippen LogP) is 4.80. The van der Waals surface area contributed by atoms with Crippen LogP contribution in [-0.4, -0.2) is 27.0 Å². The highest BCUT2D eigenvalue weighted by atomic mass is 19.3. The van der Waals surface area contributed by atoms with Crippen LogP contribution >= 0.6 is 0 Å². The Hall–Kier alpha value is -2.31. The van der Waals surface area contributed by atoms with E-state index in [4.69, 9.17) is 0 Å². The lowest BCUT2D eigenvalue weighted by Gasteiger charge is -2.25. The van der Waals surface area contributed by atoms with Gasteiger partial charge in [-0.1, -0.05) is 19.1 Å². The van der Waals surface area contributed by atoms with Gasteiger partial charge in [0.1, 0.15) is 12.4 Å². The Morgan fingerprint density at radius 2 is 1.89 bits per heavy atom. The van der Waals surface area contributed by atoms with E-state index in [1.165, 1.54) is 5.56 Å². The Morgan fingerprint density at radius 3 is 2.41 bits per heavy atom. The Kier molecular flexibility index (Phi) is 5.58. The number of hydrogen-bond acceptors (Lipinski definition) is 2. The first kappa shape index (κ1) is 19.5. The van der Waals surface area contributed by atoms with Gasteiger partial charge in [-0.3, -0.25) is 9.89 Å². The number of aromatic nitrogens is 2. The van der Waals surface area contributed by atoms with E-state index in [2.05, 4.69) is 22.3 Å². The van der Waals surface area contributed by atoms with E-state index in [0.717, 1.165) is 36.0 Å². The first-order chi connectivity index (χ1) is 12.9. The molecule has 1 heterocycles. The fraction of sp³-hybridized carbons (Fsp3) is 0.500. The van der Waals surface area contributed by atoms with E-state index in [1.54, 1.807) is 4.90 Å². The van der Waals surface area contributed by atoms with Gasteiger partial charge in [-0.25, -0.2) is 13.2 Å². The lowest BCUT2D eigenvalue weighted by Crippen LogP contribution is -2.34. The van der Waals surface area contributed by atoms with E-state index in [0.29, 0.717) is 6.54 Å². The molecule has 27 heavy (non-hydrogen) atoms. The van der Waals surface area contributed by atoms with Gasteiger partial charge < -0.3 is 4.90 Å². The molecule has 3 rings (SSSR count). The Labute approximate surface area is 156 Å². The highest BCUT2D eigenvalue weighted by Gasteiger charge is 2.37. The van der Waals surface area contributed by atoms with Crippen molar-refractivity contribution in [1.82, 2.24) is 15.1 Å². The maximum Gasteiger partial charge on any atom is 0.282 e. The van der Waals surface area contributed by atoms with Gasteiger partial charge in [0.15, 0.2) is 0 Å². The molecule has 1 amide bonds. The molecule has 1 aromatic heterocycles. The molecule has 1 fully saturated rings. The van der Waals surface area contributed by atoms with Crippen molar-refractivity contribution in [1.29, 1.82) is 0 Å². The molecule has 0 aliphatic heterocycles. The van der Waals surface area contributed by atoms with Gasteiger partial charge in [-0.2, -0.15) is 5.10 Å². The zero-order valence-corrected chi connectivity index (χ0v) is 15.8. The normalized spacial score (nSPS) is 14.0. The van der Waals surface area contributed by atoms with Gasteiger partial charge in [-0.05, 0) is 55.4 Å². The summed E-state index contributed by atoms with van der Waals surface area (Å²) >= 11 is 0. The molecular formula is C20H24F3N3O. The molecule has 1 N–H and O–H groups in total. The number of aromatic amines is 1. The number of carbonyl (C=O) groups excluding carboxylic acids is 1. The minimum atomic E-state index is -2.94. The van der Waals surface area contributed by atoms with Gasteiger partial charge in [0.25, 0.3) is 12.3 Å². The third kappa shape index (κ3) is 3.87. The van der Waals surface area contributed by atoms with Crippen molar-refractivity contribution >= 4 is 5.91 Å². The maximum atomic E-state index is 13.3. The summed E-state index contributed by atoms with van der Waals surface area (Å²) in [4.78, 5) is 14.7. The van der Waals surface area contributed by atoms with Gasteiger partial charge in [0.2, 0.25) is 0 Å². The summed E-state index contributed by atoms with van der Waals surface area (Å²) in [6.07, 6.45) is -0.475. The van der Waals surface area contributed by atoms with Crippen molar-refractivity contribution < 1.29 is 18.0 Å². The SMILES string of the molecule is CCc1cc(C)c(C)cc1CN(C(=O)c1c(C(F)F)n[nH]c1CF)C1CC1. The number of rotatable bonds is 7. The third-order valence-electron chi connectivity index (χ3n) is 5.21. The summed E-state index contributed by atoms with van der Waals surface area (Å²) in [7, 11) is 0. The molecule has 7 heteroatoms. The lowest BCUT2D eigenvalue weighted by molar-refractivity contribution is 0.0715. The molecule has 1 saturated carbocycles. The smallest absolute Gasteiger partial charge is 0.282 e. The van der Waals surface area contributed by atoms with E-state index in [1.807, 2.05) is 20.8 Å². The second-order valence-electron chi connectivity index (χ2n) is 7.12. The largest absolute Gasteiger partial charge is 0.331 e. The van der Waals surface area contributed by atoms with Crippen LogP contribution in [-0.2, 0) is 19.6 Å². The molecule has 1 aliphatic rings. The second-order valence-corrected chi connectivity index (χ2v) is 7.12. The first-order valence-corrected chi connectivity index (χ1v) is 9.18. The first-order valence-electron chi connectivity index (χ1n) is 9.18. The molecule has 0 saturated heterocycles. The number of aryl methyl sites for hydroxylation is 3. The topological polar surface area (TPSA) is 49.0 Å². The van der Waals surface area contributed by atoms with Crippen molar-refractivity contribution in [2.24, 2.45) is 0 Å². The van der Waals surface area contributed by atoms with Crippen molar-refractivity contribution in [3.8, 4) is 0 Å². The summed E-state index contributed by atoms with van der Waals surface area (Å²) in [6, 6.07) is 4.16. The number of halogens is 3. The zero-order chi connectivity index (χ0) is 19.7. The van der Waals surface area contributed by atoms with Crippen LogP contribution in [0.2, 0.25) is 0 Å². The number of amides is 1. The third-order valence-corrected chi connectivity index (χ3v) is 5.21. The molecular weight excluding hydrogens is 355 g/mol. The van der Waals surface area contributed by atoms with Crippen molar-refractivity contribution in [3.63, 3.8) is 0 Å². The van der Waals surface area contributed by atoms with Gasteiger partial charge >= 0.3 is 0 Å². The van der Waals surface area contributed by atoms with Crippen molar-refractivity contribution in [2.75, 3.05) is 0 Å². The molecule has 0 unspecified atom stereocenters. The average Bonchev–Trinajstić information content (AvgIpc) is 3.38. The lowest BCUT2D eigenvalue weighted by atomic mass is 9.97. The van der Waals surface area contributed by atoms with Crippen LogP contribution in [0.25, 0.3) is 0 Å². The van der Waals surface area contributed by atoms with E-state index in [-0.39, 0.29) is 17.3 Å². The van der Waals surface area contributed by atoms with E-state index >= 15 is 0 Å². The molecule has 146 valence electrons. The summed E-state index contributed by atoms with van der Waals surface area (Å²) < 4.78 is 39.8. The Morgan fingerprint density at radius 1 is 1.26 bits per heavy atom. The number of nitrogens with one attached hydrogen (secondary N) is 1. The molecule has 1 aromatic carbocycles. The fourth-order valence-corrected chi connectivity index (χ4v) is 3.38. The maximum absolute atomic E-state index is 13.3. The van der Waals surface area contributed by atoms with E-state index in [9.17, 15) is 18.0 Å². The molecule has 0 radical (unpaired) electrons. The summed E-state index contributed by atoms with van der Waals surface area (Å²) in [6.45, 7) is 5.38. The molecule has 0 bridgehead atoms. The van der Waals surface area contributed by atoms with Crippen LogP contribution in [0.4, 0.5) is 13.2 Å². The minimum Gasteiger partial charge on any atom is -0.331 e. The monoisotopic (exact) mass is 379 g/mol. The number of hydrogen-bond donors (Lipinski definition) is 1. The van der Waals surface area contributed by atoms with Crippen LogP contribution in [0.15, 0.2) is 12.1 Å². The standard InChI is InChI=1S/C20H24F3N3O/c1-4-13-7-11(2)12(3)8-14(13)10-26(15-5-6-15)20(27)17-16(9-21)24-25-18(17)19(22)23/h7-8,15,19H,4-6,9-10H2,1-3H3,(H,24,25). The summed E-state index contributed by atoms with van der Waals surface area (Å²) in [5.41, 5.74) is 3.25. The van der Waals surface area contributed by atoms with Gasteiger partial charge in [0.05, 0.1) is 11.3 Å². The van der Waals surface area contributed by atoms with Crippen molar-refractivity contribution in [2.45, 2.75) is 65.7 Å². The number of H-pyrrole nitrogens is 1. The van der Waals surface area contributed by atoms with Crippen LogP contribution in [0.1, 0.15) is 70.2 Å². The van der Waals surface area contributed by atoms with Gasteiger partial charge in [0, 0.05) is 12.6 Å². The quantitative estimate of drug-likeness (QED) is 0.751. The van der Waals surface area contributed by atoms with Crippen LogP contribution < -0.4 is 0 Å². The second kappa shape index (κ2) is 7.74. The average molecular weight is 379 g/mol. The predicted molar refractivity (Wildman–Crippen MR) is 96.5 cm³/mol. The molecule has 0 spiro atoms. The van der Waals surface area contributed by atoms with Crippen LogP contribution in [0, 0.1) is 13.8 Å². The highest BCUT2D eigenvalue weighted by molar-refractivity contribution is 5.97. The highest BCUT2D eigenvalue weighted by Crippen LogP contribution is 2.33. The molecule has 2 aromatic rings. The van der Waals surface area contributed by atoms with Crippen molar-refractivity contribution in [3.05, 3.63) is 51.3 Å². The number of alkyl halides is 3. The van der Waals surface area contributed by atoms with Gasteiger partial charge in [-0.15, -0.1) is 0 Å². The molecule has 4 nitrogen and oxygen atoms in total.